The first kappa shape index (κ1) is 9.32. The number of rotatable bonds is 1. The molecule has 0 aliphatic heterocycles. The molecule has 0 saturated heterocycles. The maximum Gasteiger partial charge on any atom is 0.298 e. The summed E-state index contributed by atoms with van der Waals surface area (Å²) in [4.78, 5) is 13.6. The topological polar surface area (TPSA) is 76.3 Å². The summed E-state index contributed by atoms with van der Waals surface area (Å²) < 4.78 is 13.0. The molecule has 2 aromatic rings. The predicted octanol–water partition coefficient (Wildman–Crippen LogP) is 1.99. The van der Waals surface area contributed by atoms with Crippen LogP contribution in [0.2, 0.25) is 0 Å². The summed E-state index contributed by atoms with van der Waals surface area (Å²) in [7, 11) is 0. The van der Waals surface area contributed by atoms with E-state index in [0.29, 0.717) is 0 Å². The molecule has 0 fully saturated rings. The summed E-state index contributed by atoms with van der Waals surface area (Å²) in [5.74, 6) is -0.899. The minimum atomic E-state index is -0.735. The number of aromatic nitrogens is 1. The highest BCUT2D eigenvalue weighted by Crippen LogP contribution is 2.26. The highest BCUT2D eigenvalue weighted by atomic mass is 19.1. The molecular weight excluding hydrogens is 203 g/mol. The number of benzene rings is 1. The lowest BCUT2D eigenvalue weighted by Gasteiger charge is -1.99. The van der Waals surface area contributed by atoms with Crippen molar-refractivity contribution in [3.8, 4) is 5.75 Å². The summed E-state index contributed by atoms with van der Waals surface area (Å²) in [6, 6.07) is 3.10. The summed E-state index contributed by atoms with van der Waals surface area (Å²) >= 11 is 0. The molecule has 76 valence electrons. The van der Waals surface area contributed by atoms with Crippen molar-refractivity contribution in [1.82, 2.24) is 4.98 Å². The van der Waals surface area contributed by atoms with Gasteiger partial charge in [0.1, 0.15) is 17.1 Å². The first-order valence-electron chi connectivity index (χ1n) is 4.00. The van der Waals surface area contributed by atoms with Crippen LogP contribution in [0.25, 0.3) is 10.9 Å². The van der Waals surface area contributed by atoms with Crippen molar-refractivity contribution in [2.75, 3.05) is 0 Å². The Hall–Kier alpha value is -2.24. The molecule has 0 saturated carbocycles. The SMILES string of the molecule is O=[N+]([O-])c1cc(F)cc2cc(O)cnc12. The van der Waals surface area contributed by atoms with E-state index in [4.69, 9.17) is 5.11 Å². The lowest BCUT2D eigenvalue weighted by atomic mass is 10.2. The van der Waals surface area contributed by atoms with Gasteiger partial charge in [-0.2, -0.15) is 0 Å². The number of nitrogens with zero attached hydrogens (tertiary/aromatic N) is 2. The molecule has 1 N–H and O–H groups in total. The number of hydrogen-bond donors (Lipinski definition) is 1. The van der Waals surface area contributed by atoms with Gasteiger partial charge in [-0.1, -0.05) is 0 Å². The lowest BCUT2D eigenvalue weighted by molar-refractivity contribution is -0.383. The molecule has 1 aromatic carbocycles. The molecule has 0 atom stereocenters. The third-order valence-electron chi connectivity index (χ3n) is 1.91. The Morgan fingerprint density at radius 2 is 2.13 bits per heavy atom. The van der Waals surface area contributed by atoms with Gasteiger partial charge in [0.05, 0.1) is 17.2 Å². The van der Waals surface area contributed by atoms with E-state index in [1.165, 1.54) is 6.07 Å². The fraction of sp³-hybridized carbons (Fsp3) is 0. The van der Waals surface area contributed by atoms with E-state index >= 15 is 0 Å². The van der Waals surface area contributed by atoms with E-state index in [0.717, 1.165) is 18.3 Å². The van der Waals surface area contributed by atoms with Crippen molar-refractivity contribution in [3.63, 3.8) is 0 Å². The zero-order valence-electron chi connectivity index (χ0n) is 7.35. The average molecular weight is 208 g/mol. The second-order valence-electron chi connectivity index (χ2n) is 2.95. The first-order chi connectivity index (χ1) is 7.08. The second-order valence-corrected chi connectivity index (χ2v) is 2.95. The highest BCUT2D eigenvalue weighted by molar-refractivity contribution is 5.87. The van der Waals surface area contributed by atoms with Gasteiger partial charge in [-0.15, -0.1) is 0 Å². The lowest BCUT2D eigenvalue weighted by Crippen LogP contribution is -1.92. The van der Waals surface area contributed by atoms with Gasteiger partial charge in [0, 0.05) is 5.39 Å². The van der Waals surface area contributed by atoms with Gasteiger partial charge in [-0.3, -0.25) is 10.1 Å². The number of halogens is 1. The molecule has 0 aliphatic rings. The van der Waals surface area contributed by atoms with Gasteiger partial charge in [-0.05, 0) is 12.1 Å². The molecule has 6 heteroatoms. The van der Waals surface area contributed by atoms with Crippen molar-refractivity contribution >= 4 is 16.6 Å². The van der Waals surface area contributed by atoms with Crippen LogP contribution in [-0.2, 0) is 0 Å². The van der Waals surface area contributed by atoms with E-state index < -0.39 is 16.4 Å². The van der Waals surface area contributed by atoms with Crippen LogP contribution in [-0.4, -0.2) is 15.0 Å². The molecule has 0 amide bonds. The Bertz CT molecular complexity index is 551. The maximum atomic E-state index is 13.0. The molecule has 0 aliphatic carbocycles. The number of nitro groups is 1. The van der Waals surface area contributed by atoms with Crippen LogP contribution in [0.4, 0.5) is 10.1 Å². The van der Waals surface area contributed by atoms with Gasteiger partial charge in [-0.25, -0.2) is 9.37 Å². The summed E-state index contributed by atoms with van der Waals surface area (Å²) in [5, 5.41) is 19.9. The number of pyridine rings is 1. The van der Waals surface area contributed by atoms with Crippen molar-refractivity contribution in [3.05, 3.63) is 40.3 Å². The summed E-state index contributed by atoms with van der Waals surface area (Å²) in [6.07, 6.45) is 1.08. The largest absolute Gasteiger partial charge is 0.506 e. The molecule has 1 heterocycles. The van der Waals surface area contributed by atoms with Crippen molar-refractivity contribution in [2.24, 2.45) is 0 Å². The van der Waals surface area contributed by atoms with Crippen LogP contribution in [0.3, 0.4) is 0 Å². The normalized spacial score (nSPS) is 10.5. The molecule has 0 spiro atoms. The quantitative estimate of drug-likeness (QED) is 0.574. The van der Waals surface area contributed by atoms with E-state index in [2.05, 4.69) is 4.98 Å². The van der Waals surface area contributed by atoms with Crippen LogP contribution in [0.1, 0.15) is 0 Å². The van der Waals surface area contributed by atoms with Crippen LogP contribution >= 0.6 is 0 Å². The highest BCUT2D eigenvalue weighted by Gasteiger charge is 2.15. The van der Waals surface area contributed by atoms with Crippen molar-refractivity contribution in [1.29, 1.82) is 0 Å². The Morgan fingerprint density at radius 3 is 2.80 bits per heavy atom. The van der Waals surface area contributed by atoms with Gasteiger partial charge < -0.3 is 5.11 Å². The molecule has 0 unspecified atom stereocenters. The zero-order valence-corrected chi connectivity index (χ0v) is 7.35. The first-order valence-corrected chi connectivity index (χ1v) is 4.00. The predicted molar refractivity (Wildman–Crippen MR) is 50.0 cm³/mol. The Kier molecular flexibility index (Phi) is 1.96. The van der Waals surface area contributed by atoms with Gasteiger partial charge in [0.15, 0.2) is 0 Å². The standard InChI is InChI=1S/C9H5FN2O3/c10-6-1-5-2-7(13)4-11-9(5)8(3-6)12(14)15/h1-4,13H. The average Bonchev–Trinajstić information content (AvgIpc) is 2.15. The molecular formula is C9H5FN2O3. The van der Waals surface area contributed by atoms with Gasteiger partial charge >= 0.3 is 0 Å². The number of nitro benzene ring substituents is 1. The molecule has 0 bridgehead atoms. The minimum absolute atomic E-state index is 0.0548. The monoisotopic (exact) mass is 208 g/mol. The Balaban J connectivity index is 2.86. The Labute approximate surface area is 82.9 Å². The third-order valence-corrected chi connectivity index (χ3v) is 1.91. The molecule has 1 aromatic heterocycles. The molecule has 2 rings (SSSR count). The fourth-order valence-electron chi connectivity index (χ4n) is 1.32. The molecule has 0 radical (unpaired) electrons. The van der Waals surface area contributed by atoms with Crippen LogP contribution < -0.4 is 0 Å². The third kappa shape index (κ3) is 1.56. The number of hydrogen-bond acceptors (Lipinski definition) is 4. The number of aromatic hydroxyl groups is 1. The van der Waals surface area contributed by atoms with E-state index in [1.807, 2.05) is 0 Å². The zero-order chi connectivity index (χ0) is 11.0. The van der Waals surface area contributed by atoms with E-state index in [9.17, 15) is 14.5 Å². The van der Waals surface area contributed by atoms with Crippen LogP contribution in [0.15, 0.2) is 24.4 Å². The smallest absolute Gasteiger partial charge is 0.298 e. The Morgan fingerprint density at radius 1 is 1.40 bits per heavy atom. The maximum absolute atomic E-state index is 13.0. The number of non-ortho nitro benzene ring substituents is 1. The molecule has 5 nitrogen and oxygen atoms in total. The second kappa shape index (κ2) is 3.16. The van der Waals surface area contributed by atoms with Gasteiger partial charge in [0.25, 0.3) is 5.69 Å². The van der Waals surface area contributed by atoms with Gasteiger partial charge in [0.2, 0.25) is 0 Å². The minimum Gasteiger partial charge on any atom is -0.506 e. The summed E-state index contributed by atoms with van der Waals surface area (Å²) in [5.41, 5.74) is -0.357. The van der Waals surface area contributed by atoms with Crippen LogP contribution in [0.5, 0.6) is 5.75 Å². The fourth-order valence-corrected chi connectivity index (χ4v) is 1.32. The van der Waals surface area contributed by atoms with Crippen molar-refractivity contribution < 1.29 is 14.4 Å². The summed E-state index contributed by atoms with van der Waals surface area (Å²) in [6.45, 7) is 0. The molecule has 15 heavy (non-hydrogen) atoms. The van der Waals surface area contributed by atoms with E-state index in [-0.39, 0.29) is 16.7 Å². The number of fused-ring (bicyclic) bond motifs is 1. The van der Waals surface area contributed by atoms with Crippen LogP contribution in [0, 0.1) is 15.9 Å². The van der Waals surface area contributed by atoms with E-state index in [1.54, 1.807) is 0 Å². The van der Waals surface area contributed by atoms with Crippen molar-refractivity contribution in [2.45, 2.75) is 0 Å².